The van der Waals surface area contributed by atoms with E-state index < -0.39 is 5.82 Å². The quantitative estimate of drug-likeness (QED) is 0.705. The summed E-state index contributed by atoms with van der Waals surface area (Å²) in [6, 6.07) is 5.43. The Morgan fingerprint density at radius 2 is 1.94 bits per heavy atom. The zero-order valence-electron chi connectivity index (χ0n) is 17.1. The Morgan fingerprint density at radius 3 is 2.68 bits per heavy atom. The number of anilines is 1. The summed E-state index contributed by atoms with van der Waals surface area (Å²) in [5, 5.41) is 3.10. The summed E-state index contributed by atoms with van der Waals surface area (Å²) in [5.74, 6) is -0.226. The highest BCUT2D eigenvalue weighted by molar-refractivity contribution is 6.30. The molecule has 7 nitrogen and oxygen atoms in total. The smallest absolute Gasteiger partial charge is 0.321 e. The second kappa shape index (κ2) is 9.09. The molecule has 2 aliphatic rings. The Bertz CT molecular complexity index is 995. The summed E-state index contributed by atoms with van der Waals surface area (Å²) in [4.78, 5) is 31.3. The van der Waals surface area contributed by atoms with E-state index in [1.54, 1.807) is 17.2 Å². The van der Waals surface area contributed by atoms with Crippen LogP contribution in [0.2, 0.25) is 5.02 Å². The van der Waals surface area contributed by atoms with Crippen molar-refractivity contribution in [3.8, 4) is 11.6 Å². The van der Waals surface area contributed by atoms with Gasteiger partial charge in [0.1, 0.15) is 5.82 Å². The van der Waals surface area contributed by atoms with Gasteiger partial charge in [-0.05, 0) is 37.1 Å². The van der Waals surface area contributed by atoms with E-state index in [-0.39, 0.29) is 34.2 Å². The predicted octanol–water partition coefficient (Wildman–Crippen LogP) is 4.41. The maximum absolute atomic E-state index is 14.1. The van der Waals surface area contributed by atoms with Gasteiger partial charge in [0.2, 0.25) is 5.75 Å². The highest BCUT2D eigenvalue weighted by atomic mass is 35.5. The number of hydrogen-bond donors (Lipinski definition) is 1. The van der Waals surface area contributed by atoms with Gasteiger partial charge in [0, 0.05) is 36.1 Å². The van der Waals surface area contributed by atoms with Crippen LogP contribution in [0.3, 0.4) is 0 Å². The van der Waals surface area contributed by atoms with Gasteiger partial charge >= 0.3 is 6.03 Å². The number of nitrogens with zero attached hydrogens (tertiary/aromatic N) is 2. The van der Waals surface area contributed by atoms with E-state index in [2.05, 4.69) is 10.3 Å². The van der Waals surface area contributed by atoms with Crippen LogP contribution in [0.25, 0.3) is 0 Å². The molecular weight excluding hydrogens is 425 g/mol. The number of rotatable bonds is 3. The molecule has 3 heterocycles. The zero-order valence-corrected chi connectivity index (χ0v) is 17.8. The fourth-order valence-electron chi connectivity index (χ4n) is 3.71. The lowest BCUT2D eigenvalue weighted by molar-refractivity contribution is 0.0855. The minimum atomic E-state index is -0.618. The van der Waals surface area contributed by atoms with Crippen LogP contribution >= 0.6 is 11.6 Å². The van der Waals surface area contributed by atoms with Crippen molar-refractivity contribution >= 4 is 29.1 Å². The van der Waals surface area contributed by atoms with E-state index in [0.29, 0.717) is 56.5 Å². The average Bonchev–Trinajstić information content (AvgIpc) is 2.96. The van der Waals surface area contributed by atoms with Gasteiger partial charge in [-0.25, -0.2) is 14.2 Å². The van der Waals surface area contributed by atoms with Crippen molar-refractivity contribution in [2.75, 3.05) is 31.6 Å². The first kappa shape index (κ1) is 21.4. The maximum atomic E-state index is 14.1. The highest BCUT2D eigenvalue weighted by Gasteiger charge is 2.30. The Hall–Kier alpha value is -2.87. The third-order valence-corrected chi connectivity index (χ3v) is 5.71. The van der Waals surface area contributed by atoms with Crippen LogP contribution < -0.4 is 14.8 Å². The molecule has 9 heteroatoms. The van der Waals surface area contributed by atoms with Crippen LogP contribution in [0.4, 0.5) is 14.9 Å². The number of aromatic nitrogens is 1. The fraction of sp³-hybridized carbons (Fsp3) is 0.409. The van der Waals surface area contributed by atoms with E-state index in [1.807, 2.05) is 6.92 Å². The zero-order chi connectivity index (χ0) is 22.0. The number of amides is 2. The summed E-state index contributed by atoms with van der Waals surface area (Å²) < 4.78 is 25.5. The molecule has 0 aliphatic carbocycles. The van der Waals surface area contributed by atoms with Gasteiger partial charge in [0.25, 0.3) is 5.88 Å². The molecule has 0 saturated carbocycles. The summed E-state index contributed by atoms with van der Waals surface area (Å²) in [6.07, 6.45) is 2.47. The van der Waals surface area contributed by atoms with Crippen molar-refractivity contribution in [2.24, 2.45) is 11.8 Å². The molecule has 1 unspecified atom stereocenters. The summed E-state index contributed by atoms with van der Waals surface area (Å²) in [5.41, 5.74) is 0.531. The van der Waals surface area contributed by atoms with Crippen molar-refractivity contribution in [1.29, 1.82) is 0 Å². The second-order valence-electron chi connectivity index (χ2n) is 7.90. The van der Waals surface area contributed by atoms with Gasteiger partial charge in [-0.1, -0.05) is 18.5 Å². The Labute approximate surface area is 184 Å². The molecule has 1 fully saturated rings. The number of likely N-dealkylation sites (tertiary alicyclic amines) is 1. The minimum absolute atomic E-state index is 0.0400. The van der Waals surface area contributed by atoms with Gasteiger partial charge in [-0.15, -0.1) is 0 Å². The summed E-state index contributed by atoms with van der Waals surface area (Å²) >= 11 is 5.77. The van der Waals surface area contributed by atoms with Gasteiger partial charge in [0.15, 0.2) is 5.78 Å². The van der Waals surface area contributed by atoms with Gasteiger partial charge < -0.3 is 19.7 Å². The molecule has 0 bridgehead atoms. The third kappa shape index (κ3) is 4.74. The Kier molecular flexibility index (Phi) is 6.27. The summed E-state index contributed by atoms with van der Waals surface area (Å²) in [6.45, 7) is 3.74. The molecule has 1 atom stereocenters. The number of halogens is 2. The predicted molar refractivity (Wildman–Crippen MR) is 113 cm³/mol. The Morgan fingerprint density at radius 1 is 1.19 bits per heavy atom. The number of fused-ring (bicyclic) bond motifs is 1. The number of Topliss-reactive ketones (excluding diaryl/α,β-unsaturated/α-hetero) is 1. The highest BCUT2D eigenvalue weighted by Crippen LogP contribution is 2.36. The molecule has 4 rings (SSSR count). The molecule has 0 spiro atoms. The molecule has 164 valence electrons. The SMILES string of the molecule is CC1COc2nccc(NC(=O)N3CCC(C(=O)c4ccc(Cl)cc4F)CC3)c2OC1. The number of carbonyl (C=O) groups excluding carboxylic acids is 2. The van der Waals surface area contributed by atoms with Gasteiger partial charge in [0.05, 0.1) is 24.5 Å². The number of urea groups is 1. The number of ketones is 1. The first-order valence-electron chi connectivity index (χ1n) is 10.2. The van der Waals surface area contributed by atoms with Crippen LogP contribution in [-0.4, -0.2) is 48.0 Å². The molecular formula is C22H23ClFN3O4. The molecule has 1 aromatic heterocycles. The van der Waals surface area contributed by atoms with Gasteiger partial charge in [-0.2, -0.15) is 0 Å². The van der Waals surface area contributed by atoms with Gasteiger partial charge in [-0.3, -0.25) is 4.79 Å². The standard InChI is InChI=1S/C22H23ClFN3O4/c1-13-11-30-20-18(4-7-25-21(20)31-12-13)26-22(29)27-8-5-14(6-9-27)19(28)16-3-2-15(23)10-17(16)24/h2-4,7,10,13-14H,5-6,8-9,11-12H2,1H3,(H,25,26,29). The molecule has 2 amide bonds. The van der Waals surface area contributed by atoms with E-state index in [4.69, 9.17) is 21.1 Å². The van der Waals surface area contributed by atoms with Crippen molar-refractivity contribution < 1.29 is 23.5 Å². The average molecular weight is 448 g/mol. The first-order chi connectivity index (χ1) is 14.9. The molecule has 31 heavy (non-hydrogen) atoms. The van der Waals surface area contributed by atoms with Crippen LogP contribution in [0.15, 0.2) is 30.5 Å². The normalized spacial score (nSPS) is 18.9. The number of hydrogen-bond acceptors (Lipinski definition) is 5. The topological polar surface area (TPSA) is 80.8 Å². The number of benzene rings is 1. The van der Waals surface area contributed by atoms with Crippen LogP contribution in [0.5, 0.6) is 11.6 Å². The minimum Gasteiger partial charge on any atom is -0.486 e. The second-order valence-corrected chi connectivity index (χ2v) is 8.34. The van der Waals surface area contributed by atoms with Crippen molar-refractivity contribution in [3.05, 3.63) is 46.9 Å². The molecule has 1 aromatic carbocycles. The van der Waals surface area contributed by atoms with E-state index in [9.17, 15) is 14.0 Å². The number of pyridine rings is 1. The Balaban J connectivity index is 1.38. The molecule has 2 aromatic rings. The fourth-order valence-corrected chi connectivity index (χ4v) is 3.87. The lowest BCUT2D eigenvalue weighted by atomic mass is 9.89. The first-order valence-corrected chi connectivity index (χ1v) is 10.6. The molecule has 1 saturated heterocycles. The van der Waals surface area contributed by atoms with Crippen molar-refractivity contribution in [1.82, 2.24) is 9.88 Å². The number of piperidine rings is 1. The van der Waals surface area contributed by atoms with Crippen LogP contribution in [0.1, 0.15) is 30.1 Å². The largest absolute Gasteiger partial charge is 0.486 e. The number of carbonyl (C=O) groups is 2. The third-order valence-electron chi connectivity index (χ3n) is 5.48. The van der Waals surface area contributed by atoms with E-state index >= 15 is 0 Å². The molecule has 2 aliphatic heterocycles. The van der Waals surface area contributed by atoms with E-state index in [0.717, 1.165) is 6.07 Å². The number of nitrogens with one attached hydrogen (secondary N) is 1. The van der Waals surface area contributed by atoms with Crippen molar-refractivity contribution in [2.45, 2.75) is 19.8 Å². The lowest BCUT2D eigenvalue weighted by Gasteiger charge is -2.31. The lowest BCUT2D eigenvalue weighted by Crippen LogP contribution is -2.42. The monoisotopic (exact) mass is 447 g/mol. The number of ether oxygens (including phenoxy) is 2. The van der Waals surface area contributed by atoms with Crippen LogP contribution in [0, 0.1) is 17.7 Å². The van der Waals surface area contributed by atoms with E-state index in [1.165, 1.54) is 12.1 Å². The molecule has 1 N–H and O–H groups in total. The summed E-state index contributed by atoms with van der Waals surface area (Å²) in [7, 11) is 0. The van der Waals surface area contributed by atoms with Crippen molar-refractivity contribution in [3.63, 3.8) is 0 Å². The molecule has 0 radical (unpaired) electrons. The van der Waals surface area contributed by atoms with Crippen LogP contribution in [-0.2, 0) is 0 Å². The maximum Gasteiger partial charge on any atom is 0.321 e.